The summed E-state index contributed by atoms with van der Waals surface area (Å²) in [5, 5.41) is 11.2. The molecule has 14 heavy (non-hydrogen) atoms. The Hall–Kier alpha value is -1.57. The highest BCUT2D eigenvalue weighted by Gasteiger charge is 2.28. The number of nitrogens with one attached hydrogen (secondary N) is 1. The van der Waals surface area contributed by atoms with Crippen LogP contribution in [0.1, 0.15) is 27.2 Å². The largest absolute Gasteiger partial charge is 0.370 e. The van der Waals surface area contributed by atoms with E-state index in [2.05, 4.69) is 5.32 Å². The highest BCUT2D eigenvalue weighted by molar-refractivity contribution is 5.85. The van der Waals surface area contributed by atoms with Crippen molar-refractivity contribution in [3.63, 3.8) is 0 Å². The predicted octanol–water partition coefficient (Wildman–Crippen LogP) is -0.0837. The molecular formula is C9H15N3O2. The van der Waals surface area contributed by atoms with Gasteiger partial charge in [-0.15, -0.1) is 0 Å². The van der Waals surface area contributed by atoms with Gasteiger partial charge >= 0.3 is 0 Å². The second-order valence-corrected chi connectivity index (χ2v) is 3.78. The van der Waals surface area contributed by atoms with Gasteiger partial charge in [-0.2, -0.15) is 5.26 Å². The van der Waals surface area contributed by atoms with Crippen molar-refractivity contribution in [3.05, 3.63) is 0 Å². The van der Waals surface area contributed by atoms with Gasteiger partial charge in [-0.3, -0.25) is 9.59 Å². The summed E-state index contributed by atoms with van der Waals surface area (Å²) in [7, 11) is 0. The maximum Gasteiger partial charge on any atom is 0.240 e. The van der Waals surface area contributed by atoms with Crippen LogP contribution in [0, 0.1) is 16.7 Å². The van der Waals surface area contributed by atoms with E-state index in [0.29, 0.717) is 0 Å². The van der Waals surface area contributed by atoms with E-state index in [1.54, 1.807) is 6.92 Å². The van der Waals surface area contributed by atoms with E-state index in [1.807, 2.05) is 6.07 Å². The fraction of sp³-hybridized carbons (Fsp3) is 0.667. The van der Waals surface area contributed by atoms with Gasteiger partial charge < -0.3 is 11.1 Å². The van der Waals surface area contributed by atoms with Crippen molar-refractivity contribution in [1.29, 1.82) is 5.26 Å². The van der Waals surface area contributed by atoms with E-state index in [9.17, 15) is 9.59 Å². The number of hydrogen-bond acceptors (Lipinski definition) is 3. The van der Waals surface area contributed by atoms with Crippen LogP contribution in [-0.2, 0) is 9.59 Å². The molecule has 0 saturated heterocycles. The zero-order chi connectivity index (χ0) is 11.4. The smallest absolute Gasteiger partial charge is 0.240 e. The molecular weight excluding hydrogens is 182 g/mol. The van der Waals surface area contributed by atoms with Crippen LogP contribution in [0.2, 0.25) is 0 Å². The first-order chi connectivity index (χ1) is 6.29. The highest BCUT2D eigenvalue weighted by atomic mass is 16.2. The normalized spacial score (nSPS) is 12.7. The van der Waals surface area contributed by atoms with Gasteiger partial charge in [0.1, 0.15) is 5.41 Å². The van der Waals surface area contributed by atoms with Crippen molar-refractivity contribution in [3.8, 4) is 6.07 Å². The van der Waals surface area contributed by atoms with Crippen molar-refractivity contribution in [2.75, 3.05) is 0 Å². The van der Waals surface area contributed by atoms with Crippen LogP contribution in [0.3, 0.4) is 0 Å². The standard InChI is InChI=1S/C9H15N3O2/c1-6(4-7(11)13)12-8(14)9(2,3)5-10/h6H,4H2,1-3H3,(H2,11,13)(H,12,14). The number of primary amides is 1. The Balaban J connectivity index is 4.21. The molecule has 0 bridgehead atoms. The minimum Gasteiger partial charge on any atom is -0.370 e. The first-order valence-corrected chi connectivity index (χ1v) is 4.30. The second kappa shape index (κ2) is 4.61. The van der Waals surface area contributed by atoms with Crippen LogP contribution >= 0.6 is 0 Å². The fourth-order valence-electron chi connectivity index (χ4n) is 0.808. The number of rotatable bonds is 4. The molecule has 0 aromatic heterocycles. The molecule has 78 valence electrons. The molecule has 0 heterocycles. The molecule has 0 spiro atoms. The third-order valence-electron chi connectivity index (χ3n) is 1.73. The van der Waals surface area contributed by atoms with Gasteiger partial charge in [0.25, 0.3) is 0 Å². The lowest BCUT2D eigenvalue weighted by molar-refractivity contribution is -0.127. The summed E-state index contributed by atoms with van der Waals surface area (Å²) in [6, 6.07) is 1.53. The third-order valence-corrected chi connectivity index (χ3v) is 1.73. The molecule has 0 fully saturated rings. The van der Waals surface area contributed by atoms with Crippen LogP contribution in [-0.4, -0.2) is 17.9 Å². The van der Waals surface area contributed by atoms with Gasteiger partial charge in [-0.1, -0.05) is 0 Å². The van der Waals surface area contributed by atoms with E-state index in [0.717, 1.165) is 0 Å². The minimum absolute atomic E-state index is 0.0766. The molecule has 0 aromatic carbocycles. The molecule has 3 N–H and O–H groups in total. The van der Waals surface area contributed by atoms with E-state index < -0.39 is 17.2 Å². The molecule has 1 unspecified atom stereocenters. The molecule has 0 aliphatic carbocycles. The Bertz CT molecular complexity index is 278. The number of hydrogen-bond donors (Lipinski definition) is 2. The Labute approximate surface area is 83.3 Å². The van der Waals surface area contributed by atoms with Crippen molar-refractivity contribution >= 4 is 11.8 Å². The lowest BCUT2D eigenvalue weighted by Crippen LogP contribution is -2.42. The van der Waals surface area contributed by atoms with Gasteiger partial charge in [-0.25, -0.2) is 0 Å². The Morgan fingerprint density at radius 2 is 2.07 bits per heavy atom. The van der Waals surface area contributed by atoms with Gasteiger partial charge in [-0.05, 0) is 20.8 Å². The monoisotopic (exact) mass is 197 g/mol. The number of nitrogens with two attached hydrogens (primary N) is 1. The summed E-state index contributed by atoms with van der Waals surface area (Å²) in [4.78, 5) is 21.9. The topological polar surface area (TPSA) is 96.0 Å². The van der Waals surface area contributed by atoms with Crippen molar-refractivity contribution < 1.29 is 9.59 Å². The molecule has 2 amide bonds. The zero-order valence-corrected chi connectivity index (χ0v) is 8.63. The van der Waals surface area contributed by atoms with Crippen LogP contribution in [0.4, 0.5) is 0 Å². The fourth-order valence-corrected chi connectivity index (χ4v) is 0.808. The number of amides is 2. The van der Waals surface area contributed by atoms with Gasteiger partial charge in [0, 0.05) is 12.5 Å². The Morgan fingerprint density at radius 3 is 2.43 bits per heavy atom. The molecule has 0 saturated carbocycles. The third kappa shape index (κ3) is 3.90. The summed E-state index contributed by atoms with van der Waals surface area (Å²) in [6.07, 6.45) is 0.0766. The Morgan fingerprint density at radius 1 is 1.57 bits per heavy atom. The van der Waals surface area contributed by atoms with E-state index in [4.69, 9.17) is 11.0 Å². The van der Waals surface area contributed by atoms with Gasteiger partial charge in [0.15, 0.2) is 0 Å². The molecule has 5 heteroatoms. The van der Waals surface area contributed by atoms with E-state index in [1.165, 1.54) is 13.8 Å². The molecule has 0 radical (unpaired) electrons. The van der Waals surface area contributed by atoms with E-state index in [-0.39, 0.29) is 12.5 Å². The average molecular weight is 197 g/mol. The molecule has 1 atom stereocenters. The maximum atomic E-state index is 11.4. The first-order valence-electron chi connectivity index (χ1n) is 4.30. The SMILES string of the molecule is CC(CC(N)=O)NC(=O)C(C)(C)C#N. The molecule has 0 rings (SSSR count). The molecule has 0 aliphatic heterocycles. The number of nitrogens with zero attached hydrogens (tertiary/aromatic N) is 1. The highest BCUT2D eigenvalue weighted by Crippen LogP contribution is 2.13. The summed E-state index contributed by atoms with van der Waals surface area (Å²) in [5.41, 5.74) is 3.88. The quantitative estimate of drug-likeness (QED) is 0.659. The molecule has 0 aliphatic rings. The van der Waals surface area contributed by atoms with Gasteiger partial charge in [0.05, 0.1) is 6.07 Å². The number of carbonyl (C=O) groups excluding carboxylic acids is 2. The lowest BCUT2D eigenvalue weighted by Gasteiger charge is -2.18. The van der Waals surface area contributed by atoms with Gasteiger partial charge in [0.2, 0.25) is 11.8 Å². The summed E-state index contributed by atoms with van der Waals surface area (Å²) >= 11 is 0. The van der Waals surface area contributed by atoms with Crippen LogP contribution < -0.4 is 11.1 Å². The van der Waals surface area contributed by atoms with Crippen molar-refractivity contribution in [2.24, 2.45) is 11.1 Å². The molecule has 0 aromatic rings. The summed E-state index contributed by atoms with van der Waals surface area (Å²) < 4.78 is 0. The second-order valence-electron chi connectivity index (χ2n) is 3.78. The lowest BCUT2D eigenvalue weighted by atomic mass is 9.94. The van der Waals surface area contributed by atoms with E-state index >= 15 is 0 Å². The van der Waals surface area contributed by atoms with Crippen LogP contribution in [0.5, 0.6) is 0 Å². The average Bonchev–Trinajstić information content (AvgIpc) is 2.02. The maximum absolute atomic E-state index is 11.4. The first kappa shape index (κ1) is 12.4. The number of carbonyl (C=O) groups is 2. The number of nitriles is 1. The van der Waals surface area contributed by atoms with Crippen LogP contribution in [0.15, 0.2) is 0 Å². The summed E-state index contributed by atoms with van der Waals surface area (Å²) in [6.45, 7) is 4.69. The van der Waals surface area contributed by atoms with Crippen molar-refractivity contribution in [1.82, 2.24) is 5.32 Å². The van der Waals surface area contributed by atoms with Crippen molar-refractivity contribution in [2.45, 2.75) is 33.2 Å². The Kier molecular flexibility index (Phi) is 4.09. The molecule has 5 nitrogen and oxygen atoms in total. The zero-order valence-electron chi connectivity index (χ0n) is 8.63. The predicted molar refractivity (Wildman–Crippen MR) is 50.8 cm³/mol. The van der Waals surface area contributed by atoms with Crippen LogP contribution in [0.25, 0.3) is 0 Å². The minimum atomic E-state index is -1.08. The summed E-state index contributed by atoms with van der Waals surface area (Å²) in [5.74, 6) is -0.874.